The summed E-state index contributed by atoms with van der Waals surface area (Å²) in [7, 11) is 1.45. The first kappa shape index (κ1) is 25.9. The zero-order chi connectivity index (χ0) is 25.7. The average molecular weight is 562 g/mol. The number of rotatable bonds is 8. The summed E-state index contributed by atoms with van der Waals surface area (Å²) in [6.45, 7) is 1.35. The van der Waals surface area contributed by atoms with Crippen molar-refractivity contribution in [2.45, 2.75) is 20.1 Å². The number of nitrogens with zero attached hydrogens (tertiary/aromatic N) is 3. The van der Waals surface area contributed by atoms with Crippen LogP contribution >= 0.6 is 27.5 Å². The Hall–Kier alpha value is -3.72. The van der Waals surface area contributed by atoms with Gasteiger partial charge in [-0.3, -0.25) is 9.59 Å². The number of nitrogens with one attached hydrogen (secondary N) is 1. The third-order valence-corrected chi connectivity index (χ3v) is 6.31. The molecule has 3 rings (SSSR count). The molecule has 0 bridgehead atoms. The number of halogens is 2. The van der Waals surface area contributed by atoms with Gasteiger partial charge in [-0.1, -0.05) is 17.7 Å². The highest BCUT2D eigenvalue weighted by Crippen LogP contribution is 2.27. The summed E-state index contributed by atoms with van der Waals surface area (Å²) in [5.74, 6) is -0.997. The van der Waals surface area contributed by atoms with Crippen LogP contribution in [0.5, 0.6) is 0 Å². The van der Waals surface area contributed by atoms with E-state index in [2.05, 4.69) is 26.5 Å². The maximum absolute atomic E-state index is 12.7. The molecule has 0 aliphatic rings. The molecule has 0 aliphatic carbocycles. The number of carboxylic acids is 1. The van der Waals surface area contributed by atoms with Crippen molar-refractivity contribution in [3.63, 3.8) is 0 Å². The Kier molecular flexibility index (Phi) is 8.24. The number of hydrogen-bond acceptors (Lipinski definition) is 7. The molecule has 2 aromatic heterocycles. The number of carbonyl (C=O) groups is 2. The van der Waals surface area contributed by atoms with E-state index in [0.29, 0.717) is 32.8 Å². The molecule has 0 spiro atoms. The van der Waals surface area contributed by atoms with Crippen molar-refractivity contribution in [1.82, 2.24) is 9.99 Å². The highest BCUT2D eigenvalue weighted by atomic mass is 79.9. The number of furan rings is 1. The van der Waals surface area contributed by atoms with Crippen molar-refractivity contribution in [1.29, 1.82) is 5.26 Å². The van der Waals surface area contributed by atoms with Crippen LogP contribution in [0.25, 0.3) is 11.3 Å². The summed E-state index contributed by atoms with van der Waals surface area (Å²) in [4.78, 5) is 36.2. The minimum absolute atomic E-state index is 0.0249. The highest BCUT2D eigenvalue weighted by Gasteiger charge is 2.19. The van der Waals surface area contributed by atoms with Gasteiger partial charge in [0.05, 0.1) is 23.4 Å². The number of methoxy groups -OCH3 is 1. The molecule has 0 radical (unpaired) electrons. The number of amides is 1. The molecule has 0 atom stereocenters. The lowest BCUT2D eigenvalue weighted by Gasteiger charge is -2.15. The van der Waals surface area contributed by atoms with Gasteiger partial charge in [0.2, 0.25) is 0 Å². The third-order valence-electron chi connectivity index (χ3n) is 4.94. The van der Waals surface area contributed by atoms with Crippen LogP contribution in [0.4, 0.5) is 0 Å². The summed E-state index contributed by atoms with van der Waals surface area (Å²) in [6.07, 6.45) is 1.27. The van der Waals surface area contributed by atoms with E-state index in [-0.39, 0.29) is 29.3 Å². The molecule has 0 unspecified atom stereocenters. The molecule has 1 aromatic carbocycles. The van der Waals surface area contributed by atoms with Crippen molar-refractivity contribution in [3.8, 4) is 17.4 Å². The summed E-state index contributed by atoms with van der Waals surface area (Å²) in [5.41, 5.74) is 3.01. The highest BCUT2D eigenvalue weighted by molar-refractivity contribution is 9.10. The van der Waals surface area contributed by atoms with Gasteiger partial charge in [0.1, 0.15) is 29.7 Å². The number of hydrogen-bond donors (Lipinski definition) is 2. The van der Waals surface area contributed by atoms with Crippen LogP contribution in [0, 0.1) is 18.3 Å². The molecule has 12 heteroatoms. The van der Waals surface area contributed by atoms with Crippen molar-refractivity contribution < 1.29 is 23.8 Å². The van der Waals surface area contributed by atoms with Crippen LogP contribution in [0.1, 0.15) is 32.9 Å². The molecule has 3 aromatic rings. The number of pyridine rings is 1. The minimum Gasteiger partial charge on any atom is -0.478 e. The Morgan fingerprint density at radius 1 is 1.37 bits per heavy atom. The van der Waals surface area contributed by atoms with E-state index >= 15 is 0 Å². The first-order chi connectivity index (χ1) is 16.7. The maximum atomic E-state index is 12.7. The van der Waals surface area contributed by atoms with E-state index in [1.807, 2.05) is 6.07 Å². The lowest BCUT2D eigenvalue weighted by atomic mass is 10.1. The second-order valence-electron chi connectivity index (χ2n) is 7.18. The number of nitriles is 1. The van der Waals surface area contributed by atoms with Crippen LogP contribution in [-0.4, -0.2) is 34.9 Å². The van der Waals surface area contributed by atoms with Crippen LogP contribution in [0.2, 0.25) is 5.02 Å². The molecule has 35 heavy (non-hydrogen) atoms. The van der Waals surface area contributed by atoms with Gasteiger partial charge in [0.15, 0.2) is 0 Å². The Labute approximate surface area is 212 Å². The van der Waals surface area contributed by atoms with E-state index in [1.165, 1.54) is 30.0 Å². The molecule has 1 amide bonds. The fraction of sp³-hybridized carbons (Fsp3) is 0.174. The lowest BCUT2D eigenvalue weighted by molar-refractivity contribution is -0.121. The number of aromatic carboxylic acids is 1. The lowest BCUT2D eigenvalue weighted by Crippen LogP contribution is -2.33. The van der Waals surface area contributed by atoms with Crippen molar-refractivity contribution >= 4 is 45.6 Å². The predicted molar refractivity (Wildman–Crippen MR) is 130 cm³/mol. The Bertz CT molecular complexity index is 1440. The van der Waals surface area contributed by atoms with E-state index in [1.54, 1.807) is 25.1 Å². The third kappa shape index (κ3) is 5.68. The van der Waals surface area contributed by atoms with Crippen LogP contribution < -0.4 is 11.0 Å². The summed E-state index contributed by atoms with van der Waals surface area (Å²) < 4.78 is 12.4. The molecular formula is C23H18BrClN4O6. The Balaban J connectivity index is 1.72. The Morgan fingerprint density at radius 2 is 2.11 bits per heavy atom. The zero-order valence-corrected chi connectivity index (χ0v) is 20.8. The van der Waals surface area contributed by atoms with E-state index in [4.69, 9.17) is 25.9 Å². The first-order valence-electron chi connectivity index (χ1n) is 9.93. The number of carboxylic acid groups (broad SMARTS) is 1. The van der Waals surface area contributed by atoms with Gasteiger partial charge in [-0.2, -0.15) is 10.4 Å². The summed E-state index contributed by atoms with van der Waals surface area (Å²) >= 11 is 9.36. The monoisotopic (exact) mass is 560 g/mol. The zero-order valence-electron chi connectivity index (χ0n) is 18.5. The van der Waals surface area contributed by atoms with Gasteiger partial charge >= 0.3 is 5.97 Å². The van der Waals surface area contributed by atoms with E-state index in [9.17, 15) is 19.6 Å². The predicted octanol–water partition coefficient (Wildman–Crippen LogP) is 3.70. The van der Waals surface area contributed by atoms with Gasteiger partial charge in [-0.15, -0.1) is 0 Å². The molecular weight excluding hydrogens is 544 g/mol. The largest absolute Gasteiger partial charge is 0.478 e. The molecule has 0 saturated heterocycles. The van der Waals surface area contributed by atoms with Gasteiger partial charge in [0.25, 0.3) is 11.5 Å². The minimum atomic E-state index is -1.14. The second-order valence-corrected chi connectivity index (χ2v) is 8.38. The average Bonchev–Trinajstić information content (AvgIpc) is 3.29. The first-order valence-corrected chi connectivity index (χ1v) is 11.1. The molecule has 2 heterocycles. The molecule has 0 aliphatic heterocycles. The normalized spacial score (nSPS) is 10.9. The maximum Gasteiger partial charge on any atom is 0.337 e. The Morgan fingerprint density at radius 3 is 2.74 bits per heavy atom. The van der Waals surface area contributed by atoms with Crippen molar-refractivity contribution in [2.75, 3.05) is 7.11 Å². The fourth-order valence-electron chi connectivity index (χ4n) is 3.21. The van der Waals surface area contributed by atoms with Gasteiger partial charge in [0, 0.05) is 28.4 Å². The summed E-state index contributed by atoms with van der Waals surface area (Å²) in [6, 6.07) is 9.51. The fourth-order valence-corrected chi connectivity index (χ4v) is 4.00. The van der Waals surface area contributed by atoms with Crippen LogP contribution in [0.3, 0.4) is 0 Å². The van der Waals surface area contributed by atoms with Crippen molar-refractivity contribution in [3.05, 3.63) is 78.3 Å². The molecule has 0 saturated carbocycles. The van der Waals surface area contributed by atoms with Crippen LogP contribution in [-0.2, 0) is 22.7 Å². The molecule has 0 fully saturated rings. The smallest absolute Gasteiger partial charge is 0.337 e. The number of benzene rings is 1. The standard InChI is InChI=1S/C23H18BrClN4O6/c1-12-21(24)17(11-34-2)16(8-26)22(31)29(12)10-20(30)28-27-9-14-4-6-19(35-14)13-3-5-15(23(32)33)18(25)7-13/h3-7,9H,10-11H2,1-2H3,(H,28,30)(H,32,33)/b27-9+. The van der Waals surface area contributed by atoms with Gasteiger partial charge in [-0.25, -0.2) is 10.2 Å². The molecule has 180 valence electrons. The molecule has 2 N–H and O–H groups in total. The van der Waals surface area contributed by atoms with E-state index in [0.717, 1.165) is 0 Å². The molecule has 10 nitrogen and oxygen atoms in total. The number of hydrazone groups is 1. The number of aromatic nitrogens is 1. The van der Waals surface area contributed by atoms with Gasteiger partial charge < -0.3 is 18.8 Å². The topological polar surface area (TPSA) is 147 Å². The number of ether oxygens (including phenoxy) is 1. The van der Waals surface area contributed by atoms with Crippen LogP contribution in [0.15, 0.2) is 49.1 Å². The van der Waals surface area contributed by atoms with Gasteiger partial charge in [-0.05, 0) is 47.1 Å². The second kappa shape index (κ2) is 11.1. The van der Waals surface area contributed by atoms with E-state index < -0.39 is 17.4 Å². The quantitative estimate of drug-likeness (QED) is 0.315. The SMILES string of the molecule is COCc1c(Br)c(C)n(CC(=O)N/N=C/c2ccc(-c3ccc(C(=O)O)c(Cl)c3)o2)c(=O)c1C#N. The number of carbonyl (C=O) groups excluding carboxylic acids is 1. The van der Waals surface area contributed by atoms with Crippen molar-refractivity contribution in [2.24, 2.45) is 5.10 Å². The summed E-state index contributed by atoms with van der Waals surface area (Å²) in [5, 5.41) is 22.4.